The summed E-state index contributed by atoms with van der Waals surface area (Å²) in [6, 6.07) is 13.2. The van der Waals surface area contributed by atoms with Crippen LogP contribution in [0, 0.1) is 0 Å². The maximum atomic E-state index is 12.4. The third-order valence-electron chi connectivity index (χ3n) is 6.17. The van der Waals surface area contributed by atoms with E-state index in [-0.39, 0.29) is 43.1 Å². The number of pyridine rings is 1. The highest BCUT2D eigenvalue weighted by Gasteiger charge is 2.38. The number of carbonyl (C=O) groups excluding carboxylic acids is 3. The molecule has 2 heterocycles. The number of rotatable bonds is 9. The number of Topliss-reactive ketones (excluding diaryl/α,β-unsaturated/α-hetero) is 1. The predicted octanol–water partition coefficient (Wildman–Crippen LogP) is 2.69. The number of benzene rings is 2. The van der Waals surface area contributed by atoms with E-state index in [4.69, 9.17) is 25.5 Å². The maximum Gasteiger partial charge on any atom is 0.490 e. The largest absolute Gasteiger partial charge is 0.490 e. The molecule has 0 atom stereocenters. The van der Waals surface area contributed by atoms with Gasteiger partial charge in [-0.15, -0.1) is 0 Å². The van der Waals surface area contributed by atoms with Crippen molar-refractivity contribution in [3.63, 3.8) is 0 Å². The first-order valence-corrected chi connectivity index (χ1v) is 12.8. The number of ether oxygens (including phenoxy) is 1. The van der Waals surface area contributed by atoms with Crippen LogP contribution in [0.3, 0.4) is 0 Å². The number of hydrogen-bond donors (Lipinski definition) is 4. The number of nitrogens with two attached hydrogens (primary N) is 1. The van der Waals surface area contributed by atoms with Crippen LogP contribution in [0.5, 0.6) is 5.88 Å². The molecule has 228 valence electrons. The minimum absolute atomic E-state index is 0.0179. The van der Waals surface area contributed by atoms with Crippen molar-refractivity contribution in [1.82, 2.24) is 15.2 Å². The Bertz CT molecular complexity index is 1520. The van der Waals surface area contributed by atoms with E-state index in [1.807, 2.05) is 4.90 Å². The van der Waals surface area contributed by atoms with Crippen molar-refractivity contribution >= 4 is 46.1 Å². The van der Waals surface area contributed by atoms with Crippen LogP contribution in [0.2, 0.25) is 0 Å². The van der Waals surface area contributed by atoms with Crippen molar-refractivity contribution in [2.45, 2.75) is 25.4 Å². The van der Waals surface area contributed by atoms with Crippen LogP contribution in [0.1, 0.15) is 39.1 Å². The van der Waals surface area contributed by atoms with Crippen LogP contribution >= 0.6 is 0 Å². The summed E-state index contributed by atoms with van der Waals surface area (Å²) in [5, 5.41) is 20.0. The van der Waals surface area contributed by atoms with Crippen molar-refractivity contribution in [3.8, 4) is 5.88 Å². The second-order valence-electron chi connectivity index (χ2n) is 9.29. The molecule has 0 unspecified atom stereocenters. The van der Waals surface area contributed by atoms with Gasteiger partial charge >= 0.3 is 18.1 Å². The van der Waals surface area contributed by atoms with Crippen LogP contribution in [0.25, 0.3) is 10.8 Å². The topological polar surface area (TPSA) is 189 Å². The Kier molecular flexibility index (Phi) is 10.6. The summed E-state index contributed by atoms with van der Waals surface area (Å²) in [5.74, 6) is -4.99. The molecule has 2 aromatic carbocycles. The molecule has 0 saturated carbocycles. The van der Waals surface area contributed by atoms with Gasteiger partial charge in [-0.1, -0.05) is 18.2 Å². The number of carbonyl (C=O) groups is 5. The molecule has 3 aromatic rings. The second kappa shape index (κ2) is 14.1. The van der Waals surface area contributed by atoms with Gasteiger partial charge in [0.25, 0.3) is 11.8 Å². The van der Waals surface area contributed by atoms with Crippen LogP contribution in [-0.4, -0.2) is 82.1 Å². The summed E-state index contributed by atoms with van der Waals surface area (Å²) in [4.78, 5) is 62.1. The molecular formula is C28H27F3N4O8. The predicted molar refractivity (Wildman–Crippen MR) is 146 cm³/mol. The third-order valence-corrected chi connectivity index (χ3v) is 6.17. The van der Waals surface area contributed by atoms with Crippen molar-refractivity contribution in [1.29, 1.82) is 0 Å². The number of fused-ring (bicyclic) bond motifs is 1. The molecule has 12 nitrogen and oxygen atoms in total. The first-order valence-electron chi connectivity index (χ1n) is 12.8. The number of carboxylic acid groups (broad SMARTS) is 2. The summed E-state index contributed by atoms with van der Waals surface area (Å²) in [6.07, 6.45) is -3.28. The molecule has 15 heteroatoms. The SMILES string of the molecule is Nc1nc(OCCNC(=O)c2ccc(C(=O)N3CCCC3)cc2)cc2cc(CC(=O)C(=O)O)ccc12.O=C(O)C(F)(F)F. The Hall–Kier alpha value is -5.21. The fraction of sp³-hybridized carbons (Fsp3) is 0.286. The van der Waals surface area contributed by atoms with E-state index in [9.17, 15) is 32.3 Å². The lowest BCUT2D eigenvalue weighted by Crippen LogP contribution is -2.29. The number of aromatic nitrogens is 1. The minimum Gasteiger partial charge on any atom is -0.476 e. The number of aliphatic carboxylic acids is 2. The molecule has 1 aromatic heterocycles. The minimum atomic E-state index is -5.08. The molecule has 1 fully saturated rings. The van der Waals surface area contributed by atoms with Crippen LogP contribution in [0.15, 0.2) is 48.5 Å². The lowest BCUT2D eigenvalue weighted by atomic mass is 10.0. The first kappa shape index (κ1) is 32.3. The van der Waals surface area contributed by atoms with Gasteiger partial charge in [0.15, 0.2) is 0 Å². The molecule has 0 radical (unpaired) electrons. The van der Waals surface area contributed by atoms with Crippen LogP contribution in [-0.2, 0) is 20.8 Å². The number of amides is 2. The van der Waals surface area contributed by atoms with Gasteiger partial charge in [0, 0.05) is 42.1 Å². The molecule has 0 aliphatic carbocycles. The van der Waals surface area contributed by atoms with Crippen LogP contribution < -0.4 is 15.8 Å². The lowest BCUT2D eigenvalue weighted by Gasteiger charge is -2.15. The van der Waals surface area contributed by atoms with Crippen molar-refractivity contribution in [2.75, 3.05) is 32.0 Å². The molecule has 0 bridgehead atoms. The number of nitrogen functional groups attached to an aromatic ring is 1. The summed E-state index contributed by atoms with van der Waals surface area (Å²) in [6.45, 7) is 1.88. The van der Waals surface area contributed by atoms with Gasteiger partial charge in [-0.05, 0) is 48.1 Å². The molecule has 4 rings (SSSR count). The number of likely N-dealkylation sites (tertiary alicyclic amines) is 1. The van der Waals surface area contributed by atoms with Crippen LogP contribution in [0.4, 0.5) is 19.0 Å². The van der Waals surface area contributed by atoms with Gasteiger partial charge < -0.3 is 30.9 Å². The zero-order valence-electron chi connectivity index (χ0n) is 22.5. The molecule has 5 N–H and O–H groups in total. The third kappa shape index (κ3) is 9.14. The zero-order chi connectivity index (χ0) is 31.7. The first-order chi connectivity index (χ1) is 20.3. The fourth-order valence-corrected chi connectivity index (χ4v) is 4.04. The van der Waals surface area contributed by atoms with E-state index in [0.29, 0.717) is 27.5 Å². The number of halogens is 3. The highest BCUT2D eigenvalue weighted by molar-refractivity contribution is 6.33. The van der Waals surface area contributed by atoms with Gasteiger partial charge in [-0.3, -0.25) is 14.4 Å². The fourth-order valence-electron chi connectivity index (χ4n) is 4.04. The van der Waals surface area contributed by atoms with Crippen molar-refractivity contribution in [2.24, 2.45) is 0 Å². The normalized spacial score (nSPS) is 12.7. The quantitative estimate of drug-likeness (QED) is 0.209. The Morgan fingerprint density at radius 3 is 2.14 bits per heavy atom. The Labute approximate surface area is 242 Å². The Morgan fingerprint density at radius 1 is 0.953 bits per heavy atom. The van der Waals surface area contributed by atoms with Gasteiger partial charge in [0.2, 0.25) is 11.7 Å². The summed E-state index contributed by atoms with van der Waals surface area (Å²) in [7, 11) is 0. The van der Waals surface area contributed by atoms with E-state index in [0.717, 1.165) is 25.9 Å². The van der Waals surface area contributed by atoms with Gasteiger partial charge in [0.05, 0.1) is 6.54 Å². The van der Waals surface area contributed by atoms with Gasteiger partial charge in [-0.2, -0.15) is 18.2 Å². The number of nitrogens with one attached hydrogen (secondary N) is 1. The molecule has 43 heavy (non-hydrogen) atoms. The number of nitrogens with zero attached hydrogens (tertiary/aromatic N) is 2. The Morgan fingerprint density at radius 2 is 1.56 bits per heavy atom. The lowest BCUT2D eigenvalue weighted by molar-refractivity contribution is -0.192. The smallest absolute Gasteiger partial charge is 0.476 e. The standard InChI is InChI=1S/C26H26N4O6.C2HF3O2/c27-23-20-8-3-16(14-21(31)26(34)35)13-19(20)15-22(29-23)36-12-9-28-24(32)17-4-6-18(7-5-17)25(33)30-10-1-2-11-30;3-2(4,5)1(6)7/h3-8,13,15H,1-2,9-12,14H2,(H2,27,29)(H,28,32)(H,34,35);(H,6,7). The average Bonchev–Trinajstić information content (AvgIpc) is 3.50. The molecule has 1 aliphatic rings. The van der Waals surface area contributed by atoms with Gasteiger partial charge in [-0.25, -0.2) is 9.59 Å². The number of alkyl halides is 3. The maximum absolute atomic E-state index is 12.4. The molecular weight excluding hydrogens is 577 g/mol. The summed E-state index contributed by atoms with van der Waals surface area (Å²) < 4.78 is 37.4. The highest BCUT2D eigenvalue weighted by Crippen LogP contribution is 2.25. The van der Waals surface area contributed by atoms with E-state index >= 15 is 0 Å². The Balaban J connectivity index is 0.000000646. The molecule has 0 spiro atoms. The second-order valence-corrected chi connectivity index (χ2v) is 9.29. The monoisotopic (exact) mass is 604 g/mol. The van der Waals surface area contributed by atoms with Crippen molar-refractivity contribution < 1.29 is 52.1 Å². The molecule has 1 aliphatic heterocycles. The highest BCUT2D eigenvalue weighted by atomic mass is 19.4. The van der Waals surface area contributed by atoms with Crippen molar-refractivity contribution in [3.05, 3.63) is 65.2 Å². The average molecular weight is 605 g/mol. The number of ketones is 1. The molecule has 2 amide bonds. The van der Waals surface area contributed by atoms with E-state index in [1.165, 1.54) is 0 Å². The van der Waals surface area contributed by atoms with E-state index in [1.54, 1.807) is 48.5 Å². The van der Waals surface area contributed by atoms with E-state index < -0.39 is 23.9 Å². The number of anilines is 1. The van der Waals surface area contributed by atoms with E-state index in [2.05, 4.69) is 10.3 Å². The number of carboxylic acids is 2. The zero-order valence-corrected chi connectivity index (χ0v) is 22.5. The van der Waals surface area contributed by atoms with Gasteiger partial charge in [0.1, 0.15) is 12.4 Å². The summed E-state index contributed by atoms with van der Waals surface area (Å²) >= 11 is 0. The molecule has 1 saturated heterocycles. The summed E-state index contributed by atoms with van der Waals surface area (Å²) in [5.41, 5.74) is 7.54. The number of hydrogen-bond acceptors (Lipinski definition) is 8.